The van der Waals surface area contributed by atoms with Crippen molar-refractivity contribution < 1.29 is 24.2 Å². The number of carboxylic acid groups (broad SMARTS) is 1. The molecule has 2 aromatic rings. The minimum atomic E-state index is -0.844. The normalized spacial score (nSPS) is 18.0. The van der Waals surface area contributed by atoms with E-state index in [1.807, 2.05) is 24.3 Å². The minimum absolute atomic E-state index is 0.0153. The Morgan fingerprint density at radius 3 is 2.35 bits per heavy atom. The fraction of sp³-hybridized carbons (Fsp3) is 0.444. The molecular formula is C27H32N2O5. The highest BCUT2D eigenvalue weighted by Crippen LogP contribution is 2.44. The van der Waals surface area contributed by atoms with Crippen molar-refractivity contribution in [2.75, 3.05) is 13.2 Å². The molecule has 2 aliphatic rings. The first-order valence-corrected chi connectivity index (χ1v) is 12.1. The van der Waals surface area contributed by atoms with Gasteiger partial charge in [-0.3, -0.25) is 9.59 Å². The molecule has 0 spiro atoms. The van der Waals surface area contributed by atoms with Gasteiger partial charge in [0.05, 0.1) is 0 Å². The van der Waals surface area contributed by atoms with Gasteiger partial charge >= 0.3 is 12.1 Å². The van der Waals surface area contributed by atoms with E-state index in [1.165, 1.54) is 11.1 Å². The van der Waals surface area contributed by atoms with Gasteiger partial charge in [0, 0.05) is 37.4 Å². The molecule has 1 heterocycles. The van der Waals surface area contributed by atoms with Crippen LogP contribution in [0.3, 0.4) is 0 Å². The Morgan fingerprint density at radius 2 is 1.71 bits per heavy atom. The van der Waals surface area contributed by atoms with E-state index in [1.54, 1.807) is 11.8 Å². The second-order valence-corrected chi connectivity index (χ2v) is 9.24. The van der Waals surface area contributed by atoms with Crippen molar-refractivity contribution >= 4 is 18.0 Å². The second-order valence-electron chi connectivity index (χ2n) is 9.24. The average molecular weight is 465 g/mol. The third-order valence-electron chi connectivity index (χ3n) is 6.83. The van der Waals surface area contributed by atoms with Gasteiger partial charge in [-0.1, -0.05) is 48.5 Å². The van der Waals surface area contributed by atoms with Crippen LogP contribution in [-0.2, 0) is 14.3 Å². The number of nitrogens with zero attached hydrogens (tertiary/aromatic N) is 1. The van der Waals surface area contributed by atoms with E-state index >= 15 is 0 Å². The van der Waals surface area contributed by atoms with Gasteiger partial charge < -0.3 is 20.1 Å². The molecule has 7 nitrogen and oxygen atoms in total. The molecule has 1 aliphatic carbocycles. The zero-order valence-electron chi connectivity index (χ0n) is 19.5. The Balaban J connectivity index is 1.30. The molecule has 1 unspecified atom stereocenters. The zero-order chi connectivity index (χ0) is 24.1. The topological polar surface area (TPSA) is 95.9 Å². The Kier molecular flexibility index (Phi) is 7.50. The summed E-state index contributed by atoms with van der Waals surface area (Å²) in [4.78, 5) is 38.1. The van der Waals surface area contributed by atoms with Gasteiger partial charge in [-0.2, -0.15) is 0 Å². The summed E-state index contributed by atoms with van der Waals surface area (Å²) in [6.07, 6.45) is 2.90. The maximum atomic E-state index is 12.9. The fourth-order valence-corrected chi connectivity index (χ4v) is 5.19. The van der Waals surface area contributed by atoms with Gasteiger partial charge in [-0.05, 0) is 54.9 Å². The van der Waals surface area contributed by atoms with Gasteiger partial charge in [0.25, 0.3) is 0 Å². The van der Waals surface area contributed by atoms with Crippen molar-refractivity contribution in [2.45, 2.75) is 63.5 Å². The number of amides is 2. The van der Waals surface area contributed by atoms with E-state index < -0.39 is 12.1 Å². The molecule has 0 bridgehead atoms. The molecule has 7 heteroatoms. The van der Waals surface area contributed by atoms with Crippen molar-refractivity contribution in [3.63, 3.8) is 0 Å². The number of piperidine rings is 1. The SMILES string of the molecule is C[C@@H](CC(=O)N1CCCCC1CCC(=O)O)NC(=O)OCC1c2ccccc2-c2ccccc21. The number of alkyl carbamates (subject to hydrolysis) is 1. The summed E-state index contributed by atoms with van der Waals surface area (Å²) in [5, 5.41) is 11.8. The summed E-state index contributed by atoms with van der Waals surface area (Å²) in [6.45, 7) is 2.65. The second kappa shape index (κ2) is 10.7. The van der Waals surface area contributed by atoms with E-state index in [0.29, 0.717) is 13.0 Å². The summed E-state index contributed by atoms with van der Waals surface area (Å²) < 4.78 is 5.58. The Bertz CT molecular complexity index is 1010. The lowest BCUT2D eigenvalue weighted by Gasteiger charge is -2.36. The number of carbonyl (C=O) groups is 3. The fourth-order valence-electron chi connectivity index (χ4n) is 5.19. The highest BCUT2D eigenvalue weighted by atomic mass is 16.5. The molecule has 0 radical (unpaired) electrons. The molecule has 2 atom stereocenters. The summed E-state index contributed by atoms with van der Waals surface area (Å²) in [7, 11) is 0. The van der Waals surface area contributed by atoms with Crippen LogP contribution in [0.25, 0.3) is 11.1 Å². The molecule has 4 rings (SSSR count). The Hall–Kier alpha value is -3.35. The lowest BCUT2D eigenvalue weighted by atomic mass is 9.97. The van der Waals surface area contributed by atoms with Crippen LogP contribution in [0.5, 0.6) is 0 Å². The number of benzene rings is 2. The Labute approximate surface area is 200 Å². The monoisotopic (exact) mass is 464 g/mol. The van der Waals surface area contributed by atoms with Crippen LogP contribution in [0.2, 0.25) is 0 Å². The minimum Gasteiger partial charge on any atom is -0.481 e. The van der Waals surface area contributed by atoms with Crippen molar-refractivity contribution in [1.82, 2.24) is 10.2 Å². The molecule has 180 valence electrons. The lowest BCUT2D eigenvalue weighted by Crippen LogP contribution is -2.46. The number of fused-ring (bicyclic) bond motifs is 3. The predicted molar refractivity (Wildman–Crippen MR) is 129 cm³/mol. The summed E-state index contributed by atoms with van der Waals surface area (Å²) >= 11 is 0. The number of carboxylic acids is 1. The van der Waals surface area contributed by atoms with Crippen LogP contribution in [0.4, 0.5) is 4.79 Å². The standard InChI is InChI=1S/C27H32N2O5/c1-18(16-25(30)29-15-7-6-8-19(29)13-14-26(31)32)28-27(33)34-17-24-22-11-4-2-9-20(22)21-10-3-5-12-23(21)24/h2-5,9-12,18-19,24H,6-8,13-17H2,1H3,(H,28,33)(H,31,32)/t18-,19?/m0/s1. The number of likely N-dealkylation sites (tertiary alicyclic amines) is 1. The number of aliphatic carboxylic acids is 1. The maximum absolute atomic E-state index is 12.9. The molecule has 2 amide bonds. The van der Waals surface area contributed by atoms with E-state index in [2.05, 4.69) is 29.6 Å². The molecule has 0 saturated carbocycles. The number of hydrogen-bond acceptors (Lipinski definition) is 4. The smallest absolute Gasteiger partial charge is 0.407 e. The highest BCUT2D eigenvalue weighted by Gasteiger charge is 2.30. The van der Waals surface area contributed by atoms with Crippen LogP contribution in [0.1, 0.15) is 62.5 Å². The van der Waals surface area contributed by atoms with Gasteiger partial charge in [0.15, 0.2) is 0 Å². The van der Waals surface area contributed by atoms with Crippen LogP contribution < -0.4 is 5.32 Å². The number of ether oxygens (including phenoxy) is 1. The number of rotatable bonds is 8. The molecule has 2 N–H and O–H groups in total. The third-order valence-corrected chi connectivity index (χ3v) is 6.83. The van der Waals surface area contributed by atoms with Crippen molar-refractivity contribution in [2.24, 2.45) is 0 Å². The first-order valence-electron chi connectivity index (χ1n) is 12.1. The quantitative estimate of drug-likeness (QED) is 0.598. The first kappa shape index (κ1) is 23.8. The van der Waals surface area contributed by atoms with Gasteiger partial charge in [-0.25, -0.2) is 4.79 Å². The van der Waals surface area contributed by atoms with Crippen molar-refractivity contribution in [3.05, 3.63) is 59.7 Å². The van der Waals surface area contributed by atoms with E-state index in [4.69, 9.17) is 9.84 Å². The number of nitrogens with one attached hydrogen (secondary N) is 1. The summed E-state index contributed by atoms with van der Waals surface area (Å²) in [5.41, 5.74) is 4.64. The van der Waals surface area contributed by atoms with Crippen LogP contribution in [-0.4, -0.2) is 53.2 Å². The van der Waals surface area contributed by atoms with E-state index in [-0.39, 0.29) is 43.4 Å². The molecule has 1 fully saturated rings. The predicted octanol–water partition coefficient (Wildman–Crippen LogP) is 4.55. The Morgan fingerprint density at radius 1 is 1.06 bits per heavy atom. The highest BCUT2D eigenvalue weighted by molar-refractivity contribution is 5.80. The number of carbonyl (C=O) groups excluding carboxylic acids is 2. The molecule has 2 aromatic carbocycles. The third kappa shape index (κ3) is 5.41. The van der Waals surface area contributed by atoms with Crippen molar-refractivity contribution in [1.29, 1.82) is 0 Å². The summed E-state index contributed by atoms with van der Waals surface area (Å²) in [5.74, 6) is -0.914. The molecule has 1 aliphatic heterocycles. The summed E-state index contributed by atoms with van der Waals surface area (Å²) in [6, 6.07) is 15.9. The molecule has 34 heavy (non-hydrogen) atoms. The largest absolute Gasteiger partial charge is 0.481 e. The van der Waals surface area contributed by atoms with Crippen molar-refractivity contribution in [3.8, 4) is 11.1 Å². The molecule has 0 aromatic heterocycles. The van der Waals surface area contributed by atoms with Crippen LogP contribution >= 0.6 is 0 Å². The van der Waals surface area contributed by atoms with E-state index in [9.17, 15) is 14.4 Å². The zero-order valence-corrected chi connectivity index (χ0v) is 19.5. The van der Waals surface area contributed by atoms with Gasteiger partial charge in [0.1, 0.15) is 6.61 Å². The van der Waals surface area contributed by atoms with Gasteiger partial charge in [-0.15, -0.1) is 0 Å². The van der Waals surface area contributed by atoms with E-state index in [0.717, 1.165) is 30.4 Å². The first-order chi connectivity index (χ1) is 16.4. The van der Waals surface area contributed by atoms with Crippen LogP contribution in [0, 0.1) is 0 Å². The number of hydrogen-bond donors (Lipinski definition) is 2. The van der Waals surface area contributed by atoms with Crippen LogP contribution in [0.15, 0.2) is 48.5 Å². The van der Waals surface area contributed by atoms with Gasteiger partial charge in [0.2, 0.25) is 5.91 Å². The maximum Gasteiger partial charge on any atom is 0.407 e. The average Bonchev–Trinajstić information content (AvgIpc) is 3.15. The molecule has 1 saturated heterocycles. The molecular weight excluding hydrogens is 432 g/mol. The lowest BCUT2D eigenvalue weighted by molar-refractivity contribution is -0.140.